The number of urea groups is 1. The van der Waals surface area contributed by atoms with Gasteiger partial charge in [0.25, 0.3) is 0 Å². The van der Waals surface area contributed by atoms with Crippen LogP contribution in [0.15, 0.2) is 36.7 Å². The number of hydrogen-bond acceptors (Lipinski definition) is 3. The van der Waals surface area contributed by atoms with Gasteiger partial charge in [0.1, 0.15) is 12.2 Å². The monoisotopic (exact) mass is 327 g/mol. The summed E-state index contributed by atoms with van der Waals surface area (Å²) in [7, 11) is 3.63. The van der Waals surface area contributed by atoms with Crippen LogP contribution < -0.4 is 5.32 Å². The highest BCUT2D eigenvalue weighted by Crippen LogP contribution is 2.29. The van der Waals surface area contributed by atoms with Crippen molar-refractivity contribution in [3.8, 4) is 0 Å². The average Bonchev–Trinajstić information content (AvgIpc) is 3.18. The van der Waals surface area contributed by atoms with Crippen molar-refractivity contribution in [1.82, 2.24) is 25.0 Å². The molecule has 0 aliphatic heterocycles. The Bertz CT molecular complexity index is 669. The van der Waals surface area contributed by atoms with Crippen molar-refractivity contribution in [3.63, 3.8) is 0 Å². The number of nitrogens with zero attached hydrogens (tertiary/aromatic N) is 4. The van der Waals surface area contributed by atoms with Crippen LogP contribution in [-0.4, -0.2) is 38.8 Å². The molecule has 1 aliphatic carbocycles. The van der Waals surface area contributed by atoms with Crippen LogP contribution in [0.4, 0.5) is 4.79 Å². The van der Waals surface area contributed by atoms with Crippen LogP contribution in [0.3, 0.4) is 0 Å². The first-order valence-corrected chi connectivity index (χ1v) is 8.52. The molecule has 6 nitrogen and oxygen atoms in total. The van der Waals surface area contributed by atoms with Gasteiger partial charge in [-0.25, -0.2) is 9.78 Å². The van der Waals surface area contributed by atoms with Crippen molar-refractivity contribution in [3.05, 3.63) is 48.0 Å². The van der Waals surface area contributed by atoms with E-state index >= 15 is 0 Å². The number of carbonyl (C=O) groups is 1. The van der Waals surface area contributed by atoms with E-state index < -0.39 is 0 Å². The van der Waals surface area contributed by atoms with Crippen LogP contribution >= 0.6 is 0 Å². The molecule has 1 N–H and O–H groups in total. The minimum absolute atomic E-state index is 0.0389. The number of rotatable bonds is 5. The fraction of sp³-hybridized carbons (Fsp3) is 0.500. The zero-order valence-electron chi connectivity index (χ0n) is 14.4. The lowest BCUT2D eigenvalue weighted by atomic mass is 9.95. The lowest BCUT2D eigenvalue weighted by Crippen LogP contribution is -2.44. The molecule has 1 aliphatic rings. The summed E-state index contributed by atoms with van der Waals surface area (Å²) < 4.78 is 1.69. The van der Waals surface area contributed by atoms with Crippen LogP contribution in [-0.2, 0) is 20.0 Å². The Kier molecular flexibility index (Phi) is 5.13. The van der Waals surface area contributed by atoms with Crippen LogP contribution in [0.25, 0.3) is 0 Å². The summed E-state index contributed by atoms with van der Waals surface area (Å²) in [5, 5.41) is 7.25. The first-order valence-electron chi connectivity index (χ1n) is 8.52. The van der Waals surface area contributed by atoms with Gasteiger partial charge in [0.15, 0.2) is 0 Å². The Balaban J connectivity index is 1.55. The molecule has 2 amide bonds. The Morgan fingerprint density at radius 2 is 2.12 bits per heavy atom. The third kappa shape index (κ3) is 3.93. The zero-order chi connectivity index (χ0) is 16.9. The summed E-state index contributed by atoms with van der Waals surface area (Å²) in [5.41, 5.74) is 1.34. The molecular formula is C18H25N5O. The molecule has 1 aromatic heterocycles. The second-order valence-electron chi connectivity index (χ2n) is 6.59. The predicted molar refractivity (Wildman–Crippen MR) is 92.3 cm³/mol. The largest absolute Gasteiger partial charge is 0.335 e. The molecule has 2 aromatic rings. The van der Waals surface area contributed by atoms with E-state index in [0.717, 1.165) is 18.7 Å². The smallest absolute Gasteiger partial charge is 0.317 e. The predicted octanol–water partition coefficient (Wildman–Crippen LogP) is 2.37. The topological polar surface area (TPSA) is 63.1 Å². The van der Waals surface area contributed by atoms with Gasteiger partial charge in [-0.05, 0) is 30.7 Å². The van der Waals surface area contributed by atoms with Gasteiger partial charge >= 0.3 is 6.03 Å². The molecule has 1 saturated carbocycles. The summed E-state index contributed by atoms with van der Waals surface area (Å²) in [4.78, 5) is 18.3. The molecule has 0 unspecified atom stereocenters. The van der Waals surface area contributed by atoms with Gasteiger partial charge in [-0.3, -0.25) is 4.68 Å². The molecule has 2 atom stereocenters. The molecule has 128 valence electrons. The van der Waals surface area contributed by atoms with E-state index in [9.17, 15) is 4.79 Å². The van der Waals surface area contributed by atoms with E-state index in [4.69, 9.17) is 0 Å². The number of carbonyl (C=O) groups excluding carboxylic acids is 1. The lowest BCUT2D eigenvalue weighted by molar-refractivity contribution is 0.197. The van der Waals surface area contributed by atoms with E-state index in [1.807, 2.05) is 13.1 Å². The van der Waals surface area contributed by atoms with Crippen molar-refractivity contribution in [2.24, 2.45) is 13.0 Å². The van der Waals surface area contributed by atoms with Crippen molar-refractivity contribution in [2.45, 2.75) is 38.3 Å². The molecule has 1 fully saturated rings. The van der Waals surface area contributed by atoms with E-state index in [1.165, 1.54) is 24.7 Å². The molecule has 0 spiro atoms. The maximum atomic E-state index is 12.5. The van der Waals surface area contributed by atoms with Crippen molar-refractivity contribution in [2.75, 3.05) is 7.05 Å². The number of benzene rings is 1. The van der Waals surface area contributed by atoms with Gasteiger partial charge < -0.3 is 10.2 Å². The quantitative estimate of drug-likeness (QED) is 0.917. The highest BCUT2D eigenvalue weighted by Gasteiger charge is 2.29. The van der Waals surface area contributed by atoms with E-state index in [-0.39, 0.29) is 12.1 Å². The van der Waals surface area contributed by atoms with E-state index in [0.29, 0.717) is 12.5 Å². The Morgan fingerprint density at radius 3 is 2.83 bits per heavy atom. The minimum Gasteiger partial charge on any atom is -0.335 e. The fourth-order valence-corrected chi connectivity index (χ4v) is 3.40. The summed E-state index contributed by atoms with van der Waals surface area (Å²) in [6.07, 6.45) is 5.94. The van der Waals surface area contributed by atoms with Gasteiger partial charge in [-0.2, -0.15) is 5.10 Å². The third-order valence-electron chi connectivity index (χ3n) is 4.84. The fourth-order valence-electron chi connectivity index (χ4n) is 3.40. The van der Waals surface area contributed by atoms with Gasteiger partial charge in [-0.1, -0.05) is 36.8 Å². The molecule has 6 heteroatoms. The van der Waals surface area contributed by atoms with E-state index in [1.54, 1.807) is 16.6 Å². The highest BCUT2D eigenvalue weighted by molar-refractivity contribution is 5.74. The van der Waals surface area contributed by atoms with Crippen LogP contribution in [0, 0.1) is 5.92 Å². The normalized spacial score (nSPS) is 20.1. The van der Waals surface area contributed by atoms with Crippen molar-refractivity contribution >= 4 is 6.03 Å². The van der Waals surface area contributed by atoms with Gasteiger partial charge in [-0.15, -0.1) is 0 Å². The van der Waals surface area contributed by atoms with Gasteiger partial charge in [0.05, 0.1) is 6.54 Å². The van der Waals surface area contributed by atoms with E-state index in [2.05, 4.69) is 39.7 Å². The first-order chi connectivity index (χ1) is 11.6. The summed E-state index contributed by atoms with van der Waals surface area (Å²) in [5.74, 6) is 1.29. The average molecular weight is 327 g/mol. The molecule has 0 radical (unpaired) electrons. The molecule has 0 saturated heterocycles. The van der Waals surface area contributed by atoms with Gasteiger partial charge in [0.2, 0.25) is 0 Å². The van der Waals surface area contributed by atoms with Crippen LogP contribution in [0.1, 0.15) is 30.7 Å². The minimum atomic E-state index is -0.0389. The third-order valence-corrected chi connectivity index (χ3v) is 4.84. The maximum Gasteiger partial charge on any atom is 0.317 e. The summed E-state index contributed by atoms with van der Waals surface area (Å²) in [6, 6.07) is 10.7. The number of aryl methyl sites for hydroxylation is 1. The number of nitrogens with one attached hydrogen (secondary N) is 1. The Morgan fingerprint density at radius 1 is 1.33 bits per heavy atom. The van der Waals surface area contributed by atoms with Gasteiger partial charge in [0, 0.05) is 20.1 Å². The number of amides is 2. The second kappa shape index (κ2) is 7.47. The number of aromatic nitrogens is 3. The van der Waals surface area contributed by atoms with Crippen LogP contribution in [0.2, 0.25) is 0 Å². The van der Waals surface area contributed by atoms with Crippen LogP contribution in [0.5, 0.6) is 0 Å². The molecule has 0 bridgehead atoms. The Hall–Kier alpha value is -2.37. The number of hydrogen-bond donors (Lipinski definition) is 1. The molecule has 1 aromatic carbocycles. The standard InChI is InChI=1S/C18H25N5O/c1-22(12-17-19-13-20-23(17)2)18(24)21-16-10-6-9-15(16)11-14-7-4-3-5-8-14/h3-5,7-8,13,15-16H,6,9-12H2,1-2H3,(H,21,24)/t15-,16+/m1/s1. The SMILES string of the molecule is CN(Cc1ncnn1C)C(=O)N[C@H]1CCC[C@@H]1Cc1ccccc1. The Labute approximate surface area is 142 Å². The second-order valence-corrected chi connectivity index (χ2v) is 6.59. The summed E-state index contributed by atoms with van der Waals surface area (Å²) >= 11 is 0. The molecule has 1 heterocycles. The lowest BCUT2D eigenvalue weighted by Gasteiger charge is -2.25. The van der Waals surface area contributed by atoms with Crippen molar-refractivity contribution in [1.29, 1.82) is 0 Å². The molecule has 24 heavy (non-hydrogen) atoms. The molecular weight excluding hydrogens is 302 g/mol. The van der Waals surface area contributed by atoms with Crippen molar-refractivity contribution < 1.29 is 4.79 Å². The molecule has 3 rings (SSSR count). The summed E-state index contributed by atoms with van der Waals surface area (Å²) in [6.45, 7) is 0.457. The highest BCUT2D eigenvalue weighted by atomic mass is 16.2. The zero-order valence-corrected chi connectivity index (χ0v) is 14.4. The first kappa shape index (κ1) is 16.5. The maximum absolute atomic E-state index is 12.5.